The van der Waals surface area contributed by atoms with Crippen LogP contribution in [-0.4, -0.2) is 35.0 Å². The lowest BCUT2D eigenvalue weighted by Gasteiger charge is -2.28. The Kier molecular flexibility index (Phi) is 7.77. The number of nitrogens with zero attached hydrogens (tertiary/aromatic N) is 1. The van der Waals surface area contributed by atoms with Crippen molar-refractivity contribution in [2.24, 2.45) is 0 Å². The zero-order valence-corrected chi connectivity index (χ0v) is 21.2. The van der Waals surface area contributed by atoms with Gasteiger partial charge in [0.2, 0.25) is 15.9 Å². The van der Waals surface area contributed by atoms with Crippen LogP contribution in [-0.2, 0) is 24.8 Å². The van der Waals surface area contributed by atoms with Crippen LogP contribution in [0.15, 0.2) is 77.7 Å². The van der Waals surface area contributed by atoms with Crippen LogP contribution in [0.25, 0.3) is 0 Å². The fourth-order valence-electron chi connectivity index (χ4n) is 3.11. The molecule has 0 spiro atoms. The zero-order valence-electron chi connectivity index (χ0n) is 18.1. The Labute approximate surface area is 208 Å². The first kappa shape index (κ1) is 25.8. The maximum absolute atomic E-state index is 12.8. The molecule has 0 saturated carbocycles. The summed E-state index contributed by atoms with van der Waals surface area (Å²) in [7, 11) is -7.71. The smallest absolute Gasteiger partial charge is 0.261 e. The molecule has 8 nitrogen and oxygen atoms in total. The summed E-state index contributed by atoms with van der Waals surface area (Å²) in [5, 5.41) is 3.28. The number of sulfonamides is 2. The van der Waals surface area contributed by atoms with Crippen LogP contribution in [0.1, 0.15) is 6.92 Å². The lowest BCUT2D eigenvalue weighted by atomic mass is 10.2. The van der Waals surface area contributed by atoms with Gasteiger partial charge in [0, 0.05) is 10.7 Å². The molecular formula is C22H21Cl2N3O5S2. The molecule has 0 fully saturated rings. The zero-order chi connectivity index (χ0) is 25.1. The standard InChI is InChI=1S/C22H21Cl2N3O5S2/c1-15(27(33(2,29)30)18-11-7-16(23)8-12-18)22(28)25-17-9-13-19(14-10-17)34(31,32)26-21-6-4-3-5-20(21)24/h3-15,26H,1-2H3,(H,25,28). The van der Waals surface area contributed by atoms with Crippen LogP contribution in [0.2, 0.25) is 10.0 Å². The van der Waals surface area contributed by atoms with Crippen molar-refractivity contribution >= 4 is 66.2 Å². The maximum Gasteiger partial charge on any atom is 0.261 e. The minimum atomic E-state index is -3.92. The SMILES string of the molecule is CC(C(=O)Nc1ccc(S(=O)(=O)Nc2ccccc2Cl)cc1)N(c1ccc(Cl)cc1)S(C)(=O)=O. The summed E-state index contributed by atoms with van der Waals surface area (Å²) in [5.74, 6) is -0.606. The second-order valence-electron chi connectivity index (χ2n) is 7.31. The molecule has 0 radical (unpaired) electrons. The van der Waals surface area contributed by atoms with Crippen LogP contribution >= 0.6 is 23.2 Å². The van der Waals surface area contributed by atoms with Gasteiger partial charge in [-0.05, 0) is 67.6 Å². The van der Waals surface area contributed by atoms with E-state index in [2.05, 4.69) is 10.0 Å². The minimum absolute atomic E-state index is 0.0441. The minimum Gasteiger partial charge on any atom is -0.324 e. The fourth-order valence-corrected chi connectivity index (χ4v) is 5.73. The normalized spacial score (nSPS) is 12.6. The van der Waals surface area contributed by atoms with Gasteiger partial charge in [-0.2, -0.15) is 0 Å². The van der Waals surface area contributed by atoms with E-state index >= 15 is 0 Å². The molecule has 3 aromatic rings. The van der Waals surface area contributed by atoms with Gasteiger partial charge >= 0.3 is 0 Å². The third-order valence-electron chi connectivity index (χ3n) is 4.72. The van der Waals surface area contributed by atoms with Crippen LogP contribution in [0, 0.1) is 0 Å². The molecule has 0 saturated heterocycles. The van der Waals surface area contributed by atoms with E-state index in [0.29, 0.717) is 5.02 Å². The van der Waals surface area contributed by atoms with E-state index in [4.69, 9.17) is 23.2 Å². The quantitative estimate of drug-likeness (QED) is 0.433. The molecule has 0 heterocycles. The number of anilines is 3. The highest BCUT2D eigenvalue weighted by atomic mass is 35.5. The molecule has 0 aliphatic carbocycles. The van der Waals surface area contributed by atoms with Crippen molar-refractivity contribution in [3.63, 3.8) is 0 Å². The molecule has 2 N–H and O–H groups in total. The summed E-state index contributed by atoms with van der Waals surface area (Å²) in [4.78, 5) is 12.8. The molecule has 0 aliphatic heterocycles. The number of hydrogen-bond acceptors (Lipinski definition) is 5. The van der Waals surface area contributed by atoms with E-state index in [9.17, 15) is 21.6 Å². The largest absolute Gasteiger partial charge is 0.324 e. The molecular weight excluding hydrogens is 521 g/mol. The highest BCUT2D eigenvalue weighted by molar-refractivity contribution is 7.92. The van der Waals surface area contributed by atoms with Gasteiger partial charge in [0.05, 0.1) is 27.5 Å². The first-order valence-electron chi connectivity index (χ1n) is 9.82. The molecule has 34 heavy (non-hydrogen) atoms. The Balaban J connectivity index is 1.77. The number of carbonyl (C=O) groups excluding carboxylic acids is 1. The van der Waals surface area contributed by atoms with Gasteiger partial charge in [-0.15, -0.1) is 0 Å². The van der Waals surface area contributed by atoms with Gasteiger partial charge in [0.25, 0.3) is 10.0 Å². The van der Waals surface area contributed by atoms with Crippen molar-refractivity contribution < 1.29 is 21.6 Å². The van der Waals surface area contributed by atoms with Gasteiger partial charge < -0.3 is 5.32 Å². The number of rotatable bonds is 8. The molecule has 12 heteroatoms. The predicted octanol–water partition coefficient (Wildman–Crippen LogP) is 4.59. The van der Waals surface area contributed by atoms with Crippen LogP contribution in [0.3, 0.4) is 0 Å². The fraction of sp³-hybridized carbons (Fsp3) is 0.136. The second kappa shape index (κ2) is 10.2. The van der Waals surface area contributed by atoms with Crippen LogP contribution < -0.4 is 14.3 Å². The Morgan fingerprint density at radius 3 is 2.03 bits per heavy atom. The Bertz CT molecular complexity index is 1400. The van der Waals surface area contributed by atoms with Crippen molar-refractivity contribution in [2.45, 2.75) is 17.9 Å². The summed E-state index contributed by atoms with van der Waals surface area (Å²) in [6, 6.07) is 16.8. The Hall–Kier alpha value is -2.79. The maximum atomic E-state index is 12.8. The molecule has 1 atom stereocenters. The van der Waals surface area contributed by atoms with E-state index in [-0.39, 0.29) is 27.0 Å². The molecule has 3 rings (SSSR count). The molecule has 3 aromatic carbocycles. The number of benzene rings is 3. The topological polar surface area (TPSA) is 113 Å². The summed E-state index contributed by atoms with van der Waals surface area (Å²) in [5.41, 5.74) is 0.804. The van der Waals surface area contributed by atoms with E-state index in [0.717, 1.165) is 10.6 Å². The molecule has 1 unspecified atom stereocenters. The third kappa shape index (κ3) is 6.20. The van der Waals surface area contributed by atoms with Gasteiger partial charge in [-0.1, -0.05) is 35.3 Å². The predicted molar refractivity (Wildman–Crippen MR) is 136 cm³/mol. The van der Waals surface area contributed by atoms with Gasteiger partial charge in [0.15, 0.2) is 0 Å². The number of hydrogen-bond donors (Lipinski definition) is 2. The second-order valence-corrected chi connectivity index (χ2v) is 11.7. The molecule has 0 aromatic heterocycles. The number of amides is 1. The molecule has 180 valence electrons. The van der Waals surface area contributed by atoms with Gasteiger partial charge in [0.1, 0.15) is 6.04 Å². The van der Waals surface area contributed by atoms with Crippen molar-refractivity contribution in [1.82, 2.24) is 0 Å². The van der Waals surface area contributed by atoms with E-state index in [1.54, 1.807) is 18.2 Å². The monoisotopic (exact) mass is 541 g/mol. The Morgan fingerprint density at radius 2 is 1.47 bits per heavy atom. The lowest BCUT2D eigenvalue weighted by Crippen LogP contribution is -2.45. The number of para-hydroxylation sites is 1. The molecule has 1 amide bonds. The van der Waals surface area contributed by atoms with E-state index < -0.39 is 32.0 Å². The van der Waals surface area contributed by atoms with Crippen molar-refractivity contribution in [2.75, 3.05) is 20.6 Å². The summed E-state index contributed by atoms with van der Waals surface area (Å²) < 4.78 is 53.4. The number of nitrogens with one attached hydrogen (secondary N) is 2. The summed E-state index contributed by atoms with van der Waals surface area (Å²) >= 11 is 11.9. The van der Waals surface area contributed by atoms with Crippen molar-refractivity contribution in [3.05, 3.63) is 82.8 Å². The average molecular weight is 542 g/mol. The average Bonchev–Trinajstić information content (AvgIpc) is 2.76. The highest BCUT2D eigenvalue weighted by Gasteiger charge is 2.29. The van der Waals surface area contributed by atoms with Gasteiger partial charge in [-0.25, -0.2) is 16.8 Å². The number of halogens is 2. The van der Waals surface area contributed by atoms with E-state index in [1.807, 2.05) is 0 Å². The first-order valence-corrected chi connectivity index (χ1v) is 13.9. The summed E-state index contributed by atoms with van der Waals surface area (Å²) in [6.45, 7) is 1.44. The van der Waals surface area contributed by atoms with E-state index in [1.165, 1.54) is 61.5 Å². The first-order chi connectivity index (χ1) is 15.9. The molecule has 0 aliphatic rings. The van der Waals surface area contributed by atoms with Crippen LogP contribution in [0.4, 0.5) is 17.1 Å². The van der Waals surface area contributed by atoms with Crippen molar-refractivity contribution in [1.29, 1.82) is 0 Å². The third-order valence-corrected chi connectivity index (χ3v) is 7.92. The number of carbonyl (C=O) groups is 1. The van der Waals surface area contributed by atoms with Crippen LogP contribution in [0.5, 0.6) is 0 Å². The molecule has 0 bridgehead atoms. The Morgan fingerprint density at radius 1 is 0.882 bits per heavy atom. The van der Waals surface area contributed by atoms with Crippen molar-refractivity contribution in [3.8, 4) is 0 Å². The van der Waals surface area contributed by atoms with Gasteiger partial charge in [-0.3, -0.25) is 13.8 Å². The summed E-state index contributed by atoms with van der Waals surface area (Å²) in [6.07, 6.45) is 0.997. The highest BCUT2D eigenvalue weighted by Crippen LogP contribution is 2.26. The lowest BCUT2D eigenvalue weighted by molar-refractivity contribution is -0.116.